The number of phenols is 1. The quantitative estimate of drug-likeness (QED) is 0.758. The summed E-state index contributed by atoms with van der Waals surface area (Å²) < 4.78 is 0. The second-order valence-electron chi connectivity index (χ2n) is 6.17. The number of aliphatic hydroxyl groups excluding tert-OH is 1. The van der Waals surface area contributed by atoms with Crippen LogP contribution < -0.4 is 10.4 Å². The number of hydrogen-bond acceptors (Lipinski definition) is 3. The van der Waals surface area contributed by atoms with E-state index in [1.54, 1.807) is 24.3 Å². The molecular formula is C22H16O3. The fourth-order valence-electron chi connectivity index (χ4n) is 3.35. The number of phenolic OH excluding ortho intramolecular Hbond substituents is 1. The van der Waals surface area contributed by atoms with Crippen LogP contribution in [-0.2, 0) is 11.4 Å². The number of aromatic hydroxyl groups is 1. The molecule has 0 amide bonds. The molecule has 122 valence electrons. The first-order valence-electron chi connectivity index (χ1n) is 8.00. The lowest BCUT2D eigenvalue weighted by atomic mass is 9.88. The fourth-order valence-corrected chi connectivity index (χ4v) is 3.35. The predicted octanol–water partition coefficient (Wildman–Crippen LogP) is 2.24. The highest BCUT2D eigenvalue weighted by molar-refractivity contribution is 6.31. The van der Waals surface area contributed by atoms with Crippen LogP contribution >= 0.6 is 0 Å². The summed E-state index contributed by atoms with van der Waals surface area (Å²) in [5.74, 6) is -0.0779. The van der Waals surface area contributed by atoms with E-state index in [1.807, 2.05) is 30.3 Å². The molecule has 0 bridgehead atoms. The molecule has 4 rings (SSSR count). The molecule has 0 radical (unpaired) electrons. The van der Waals surface area contributed by atoms with E-state index in [4.69, 9.17) is 0 Å². The van der Waals surface area contributed by atoms with Crippen molar-refractivity contribution in [2.75, 3.05) is 0 Å². The van der Waals surface area contributed by atoms with Gasteiger partial charge in [0.1, 0.15) is 5.75 Å². The van der Waals surface area contributed by atoms with Gasteiger partial charge < -0.3 is 10.2 Å². The summed E-state index contributed by atoms with van der Waals surface area (Å²) in [7, 11) is 0. The molecule has 1 aliphatic carbocycles. The maximum atomic E-state index is 12.7. The Kier molecular flexibility index (Phi) is 3.52. The van der Waals surface area contributed by atoms with Gasteiger partial charge in [0, 0.05) is 11.1 Å². The molecule has 0 saturated heterocycles. The monoisotopic (exact) mass is 328 g/mol. The van der Waals surface area contributed by atoms with Crippen LogP contribution in [0.1, 0.15) is 16.7 Å². The Hall–Kier alpha value is -3.17. The van der Waals surface area contributed by atoms with E-state index < -0.39 is 0 Å². The number of benzene rings is 3. The third kappa shape index (κ3) is 2.46. The highest BCUT2D eigenvalue weighted by Crippen LogP contribution is 2.34. The molecule has 25 heavy (non-hydrogen) atoms. The third-order valence-corrected chi connectivity index (χ3v) is 4.54. The molecule has 3 nitrogen and oxygen atoms in total. The van der Waals surface area contributed by atoms with Crippen LogP contribution in [0.15, 0.2) is 54.6 Å². The van der Waals surface area contributed by atoms with Crippen molar-refractivity contribution in [3.8, 4) is 5.75 Å². The van der Waals surface area contributed by atoms with Crippen molar-refractivity contribution in [2.45, 2.75) is 6.61 Å². The van der Waals surface area contributed by atoms with Crippen LogP contribution in [0, 0.1) is 0 Å². The van der Waals surface area contributed by atoms with E-state index in [2.05, 4.69) is 6.58 Å². The number of carbonyl (C=O) groups is 1. The Morgan fingerprint density at radius 1 is 0.960 bits per heavy atom. The minimum atomic E-state index is -0.140. The van der Waals surface area contributed by atoms with Gasteiger partial charge in [0.25, 0.3) is 0 Å². The van der Waals surface area contributed by atoms with Crippen LogP contribution in [0.4, 0.5) is 0 Å². The lowest BCUT2D eigenvalue weighted by Gasteiger charge is -2.15. The number of aliphatic hydroxyl groups is 1. The number of fused-ring (bicyclic) bond motifs is 2. The molecule has 1 aliphatic rings. The molecular weight excluding hydrogens is 312 g/mol. The first kappa shape index (κ1) is 15.4. The smallest absolute Gasteiger partial charge is 0.187 e. The van der Waals surface area contributed by atoms with Crippen LogP contribution in [0.3, 0.4) is 0 Å². The number of allylic oxidation sites excluding steroid dienone is 1. The Balaban J connectivity index is 2.14. The standard InChI is InChI=1S/C22H16O3/c1-13-2-6-17-15(10-13)4-8-19(24)21(17)22-18-7-3-14(12-23)11-16(18)5-9-20(22)25/h2-11,23,25H,1,12H2. The van der Waals surface area contributed by atoms with Crippen LogP contribution in [0.2, 0.25) is 0 Å². The highest BCUT2D eigenvalue weighted by Gasteiger charge is 2.21. The Labute approximate surface area is 144 Å². The van der Waals surface area contributed by atoms with Gasteiger partial charge in [-0.05, 0) is 56.6 Å². The molecule has 0 fully saturated rings. The Morgan fingerprint density at radius 3 is 2.60 bits per heavy atom. The third-order valence-electron chi connectivity index (χ3n) is 4.54. The topological polar surface area (TPSA) is 57.5 Å². The van der Waals surface area contributed by atoms with Crippen LogP contribution in [0.25, 0.3) is 29.0 Å². The van der Waals surface area contributed by atoms with Gasteiger partial charge in [-0.1, -0.05) is 43.0 Å². The lowest BCUT2D eigenvalue weighted by molar-refractivity contribution is -0.109. The largest absolute Gasteiger partial charge is 0.507 e. The molecule has 0 heterocycles. The molecule has 0 unspecified atom stereocenters. The van der Waals surface area contributed by atoms with Crippen LogP contribution in [0.5, 0.6) is 5.75 Å². The van der Waals surface area contributed by atoms with Crippen molar-refractivity contribution in [1.29, 1.82) is 0 Å². The van der Waals surface area contributed by atoms with Gasteiger partial charge in [-0.3, -0.25) is 4.79 Å². The maximum Gasteiger partial charge on any atom is 0.187 e. The van der Waals surface area contributed by atoms with E-state index in [0.717, 1.165) is 32.3 Å². The zero-order valence-corrected chi connectivity index (χ0v) is 13.5. The molecule has 3 aromatic carbocycles. The van der Waals surface area contributed by atoms with E-state index in [-0.39, 0.29) is 18.1 Å². The first-order valence-corrected chi connectivity index (χ1v) is 8.00. The van der Waals surface area contributed by atoms with Crippen molar-refractivity contribution in [1.82, 2.24) is 0 Å². The lowest BCUT2D eigenvalue weighted by Crippen LogP contribution is -2.22. The zero-order chi connectivity index (χ0) is 17.6. The van der Waals surface area contributed by atoms with E-state index in [0.29, 0.717) is 11.1 Å². The van der Waals surface area contributed by atoms with Crippen LogP contribution in [-0.4, -0.2) is 16.0 Å². The molecule has 0 aliphatic heterocycles. The van der Waals surface area contributed by atoms with Gasteiger partial charge >= 0.3 is 0 Å². The van der Waals surface area contributed by atoms with Crippen molar-refractivity contribution in [3.05, 3.63) is 81.7 Å². The van der Waals surface area contributed by atoms with Gasteiger partial charge in [-0.15, -0.1) is 0 Å². The molecule has 0 atom stereocenters. The highest BCUT2D eigenvalue weighted by atomic mass is 16.3. The van der Waals surface area contributed by atoms with Crippen molar-refractivity contribution < 1.29 is 15.0 Å². The Morgan fingerprint density at radius 2 is 1.80 bits per heavy atom. The summed E-state index contributed by atoms with van der Waals surface area (Å²) in [6, 6.07) is 14.5. The molecule has 3 heteroatoms. The van der Waals surface area contributed by atoms with Crippen molar-refractivity contribution in [2.24, 2.45) is 0 Å². The fraction of sp³-hybridized carbons (Fsp3) is 0.0455. The van der Waals surface area contributed by atoms with Gasteiger partial charge in [-0.2, -0.15) is 0 Å². The summed E-state index contributed by atoms with van der Waals surface area (Å²) in [6.07, 6.45) is 3.30. The zero-order valence-electron chi connectivity index (χ0n) is 13.5. The molecule has 2 N–H and O–H groups in total. The number of carbonyl (C=O) groups excluding carboxylic acids is 1. The van der Waals surface area contributed by atoms with Gasteiger partial charge in [0.05, 0.1) is 6.61 Å². The summed E-state index contributed by atoms with van der Waals surface area (Å²) in [5.41, 5.74) is 2.70. The summed E-state index contributed by atoms with van der Waals surface area (Å²) >= 11 is 0. The minimum absolute atomic E-state index is 0.0561. The van der Waals surface area contributed by atoms with Gasteiger partial charge in [-0.25, -0.2) is 0 Å². The summed E-state index contributed by atoms with van der Waals surface area (Å²) in [4.78, 5) is 12.7. The minimum Gasteiger partial charge on any atom is -0.507 e. The second-order valence-corrected chi connectivity index (χ2v) is 6.17. The summed E-state index contributed by atoms with van der Waals surface area (Å²) in [6.45, 7) is 3.87. The van der Waals surface area contributed by atoms with Gasteiger partial charge in [0.2, 0.25) is 0 Å². The molecule has 0 spiro atoms. The molecule has 0 saturated carbocycles. The van der Waals surface area contributed by atoms with E-state index in [9.17, 15) is 15.0 Å². The maximum absolute atomic E-state index is 12.7. The average Bonchev–Trinajstić information content (AvgIpc) is 2.62. The average molecular weight is 328 g/mol. The Bertz CT molecular complexity index is 1170. The molecule has 0 aromatic heterocycles. The predicted molar refractivity (Wildman–Crippen MR) is 99.3 cm³/mol. The second kappa shape index (κ2) is 5.72. The SMILES string of the molecule is C=c1ccc2c(c1)C=CC(=O)C=2c1c(O)ccc2cc(CO)ccc12. The van der Waals surface area contributed by atoms with Gasteiger partial charge in [0.15, 0.2) is 5.78 Å². The molecule has 3 aromatic rings. The normalized spacial score (nSPS) is 13.3. The van der Waals surface area contributed by atoms with E-state index >= 15 is 0 Å². The summed E-state index contributed by atoms with van der Waals surface area (Å²) in [5, 5.41) is 23.2. The first-order chi connectivity index (χ1) is 12.1. The number of ketones is 1. The van der Waals surface area contributed by atoms with Crippen molar-refractivity contribution >= 4 is 34.8 Å². The van der Waals surface area contributed by atoms with Crippen molar-refractivity contribution in [3.63, 3.8) is 0 Å². The van der Waals surface area contributed by atoms with E-state index in [1.165, 1.54) is 6.08 Å². The number of rotatable bonds is 2. The number of hydrogen-bond donors (Lipinski definition) is 2.